The number of ether oxygens (including phenoxy) is 5. The Hall–Kier alpha value is -2.52. The van der Waals surface area contributed by atoms with Crippen molar-refractivity contribution >= 4 is 24.2 Å². The van der Waals surface area contributed by atoms with Gasteiger partial charge in [-0.05, 0) is 33.6 Å². The van der Waals surface area contributed by atoms with Crippen LogP contribution in [0.2, 0.25) is 0 Å². The van der Waals surface area contributed by atoms with E-state index in [-0.39, 0.29) is 32.5 Å². The Morgan fingerprint density at radius 3 is 1.92 bits per heavy atom. The molecule has 0 bridgehead atoms. The van der Waals surface area contributed by atoms with E-state index in [0.29, 0.717) is 0 Å². The van der Waals surface area contributed by atoms with Crippen LogP contribution in [0, 0.1) is 5.92 Å². The standard InChI is InChI=1S/C16H26O10/c1-5-22-15(20)24-10(3)12(8-7-9-13(17)18)14(19)25-11(4)26-16(21)23-6-2/h10-12H,5-9H2,1-4H3,(H,17,18). The molecule has 10 heteroatoms. The zero-order valence-corrected chi connectivity index (χ0v) is 15.4. The lowest BCUT2D eigenvalue weighted by Crippen LogP contribution is -2.34. The van der Waals surface area contributed by atoms with Gasteiger partial charge >= 0.3 is 24.2 Å². The van der Waals surface area contributed by atoms with Crippen LogP contribution in [0.3, 0.4) is 0 Å². The van der Waals surface area contributed by atoms with Gasteiger partial charge in [-0.25, -0.2) is 9.59 Å². The summed E-state index contributed by atoms with van der Waals surface area (Å²) in [4.78, 5) is 45.6. The van der Waals surface area contributed by atoms with E-state index in [1.54, 1.807) is 13.8 Å². The van der Waals surface area contributed by atoms with E-state index < -0.39 is 42.6 Å². The topological polar surface area (TPSA) is 135 Å². The highest BCUT2D eigenvalue weighted by molar-refractivity contribution is 5.74. The minimum absolute atomic E-state index is 0.0951. The van der Waals surface area contributed by atoms with Gasteiger partial charge in [-0.3, -0.25) is 9.59 Å². The number of hydrogen-bond acceptors (Lipinski definition) is 9. The highest BCUT2D eigenvalue weighted by Gasteiger charge is 2.31. The second-order valence-corrected chi connectivity index (χ2v) is 5.20. The summed E-state index contributed by atoms with van der Waals surface area (Å²) in [6, 6.07) is 0. The van der Waals surface area contributed by atoms with Crippen molar-refractivity contribution in [1.82, 2.24) is 0 Å². The summed E-state index contributed by atoms with van der Waals surface area (Å²) in [7, 11) is 0. The van der Waals surface area contributed by atoms with Crippen molar-refractivity contribution in [2.24, 2.45) is 5.92 Å². The summed E-state index contributed by atoms with van der Waals surface area (Å²) in [5.74, 6) is -2.77. The molecule has 0 amide bonds. The smallest absolute Gasteiger partial charge is 0.481 e. The van der Waals surface area contributed by atoms with Crippen molar-refractivity contribution in [2.75, 3.05) is 13.2 Å². The largest absolute Gasteiger partial charge is 0.511 e. The fourth-order valence-electron chi connectivity index (χ4n) is 1.97. The van der Waals surface area contributed by atoms with Crippen LogP contribution in [0.25, 0.3) is 0 Å². The quantitative estimate of drug-likeness (QED) is 0.324. The molecule has 0 saturated heterocycles. The van der Waals surface area contributed by atoms with Crippen LogP contribution in [0.4, 0.5) is 9.59 Å². The summed E-state index contributed by atoms with van der Waals surface area (Å²) >= 11 is 0. The monoisotopic (exact) mass is 378 g/mol. The molecule has 1 N–H and O–H groups in total. The van der Waals surface area contributed by atoms with Crippen molar-refractivity contribution < 1.29 is 48.0 Å². The van der Waals surface area contributed by atoms with Gasteiger partial charge in [-0.2, -0.15) is 0 Å². The number of carbonyl (C=O) groups excluding carboxylic acids is 3. The number of hydrogen-bond donors (Lipinski definition) is 1. The first-order chi connectivity index (χ1) is 12.2. The van der Waals surface area contributed by atoms with Gasteiger partial charge in [0.15, 0.2) is 0 Å². The number of carboxylic acid groups (broad SMARTS) is 1. The molecule has 10 nitrogen and oxygen atoms in total. The van der Waals surface area contributed by atoms with Crippen molar-refractivity contribution in [3.8, 4) is 0 Å². The Balaban J connectivity index is 4.83. The van der Waals surface area contributed by atoms with Gasteiger partial charge in [0.2, 0.25) is 6.29 Å². The minimum atomic E-state index is -1.22. The molecule has 0 fully saturated rings. The Labute approximate surface area is 151 Å². The first-order valence-electron chi connectivity index (χ1n) is 8.30. The average Bonchev–Trinajstić information content (AvgIpc) is 2.50. The lowest BCUT2D eigenvalue weighted by molar-refractivity contribution is -0.177. The van der Waals surface area contributed by atoms with Gasteiger partial charge in [0.05, 0.1) is 19.1 Å². The van der Waals surface area contributed by atoms with E-state index in [1.807, 2.05) is 0 Å². The number of rotatable bonds is 11. The molecule has 0 aromatic heterocycles. The predicted molar refractivity (Wildman–Crippen MR) is 86.2 cm³/mol. The fraction of sp³-hybridized carbons (Fsp3) is 0.750. The number of esters is 1. The van der Waals surface area contributed by atoms with Gasteiger partial charge < -0.3 is 28.8 Å². The van der Waals surface area contributed by atoms with E-state index in [4.69, 9.17) is 19.3 Å². The molecular formula is C16H26O10. The summed E-state index contributed by atoms with van der Waals surface area (Å²) < 4.78 is 23.9. The molecule has 0 radical (unpaired) electrons. The first kappa shape index (κ1) is 23.5. The van der Waals surface area contributed by atoms with E-state index in [2.05, 4.69) is 9.47 Å². The van der Waals surface area contributed by atoms with E-state index in [9.17, 15) is 19.2 Å². The SMILES string of the molecule is CCOC(=O)OC(C)OC(=O)C(CCCC(=O)O)C(C)OC(=O)OCC. The maximum Gasteiger partial charge on any atom is 0.511 e. The molecule has 0 aromatic carbocycles. The van der Waals surface area contributed by atoms with E-state index >= 15 is 0 Å². The fourth-order valence-corrected chi connectivity index (χ4v) is 1.97. The normalized spacial score (nSPS) is 13.7. The molecule has 150 valence electrons. The Morgan fingerprint density at radius 2 is 1.42 bits per heavy atom. The summed E-state index contributed by atoms with van der Waals surface area (Å²) in [5.41, 5.74) is 0. The zero-order valence-electron chi connectivity index (χ0n) is 15.4. The third-order valence-electron chi connectivity index (χ3n) is 3.13. The minimum Gasteiger partial charge on any atom is -0.481 e. The summed E-state index contributed by atoms with van der Waals surface area (Å²) in [6.07, 6.45) is -4.00. The number of carboxylic acids is 1. The van der Waals surface area contributed by atoms with Crippen molar-refractivity contribution in [3.05, 3.63) is 0 Å². The molecule has 0 saturated carbocycles. The maximum atomic E-state index is 12.3. The lowest BCUT2D eigenvalue weighted by atomic mass is 9.96. The summed E-state index contributed by atoms with van der Waals surface area (Å²) in [6.45, 7) is 6.16. The van der Waals surface area contributed by atoms with Crippen LogP contribution in [-0.2, 0) is 33.3 Å². The van der Waals surface area contributed by atoms with Crippen molar-refractivity contribution in [2.45, 2.75) is 59.4 Å². The molecule has 0 heterocycles. The van der Waals surface area contributed by atoms with E-state index in [1.165, 1.54) is 13.8 Å². The van der Waals surface area contributed by atoms with Crippen molar-refractivity contribution in [1.29, 1.82) is 0 Å². The van der Waals surface area contributed by atoms with Gasteiger partial charge in [-0.1, -0.05) is 0 Å². The Bertz CT molecular complexity index is 476. The zero-order chi connectivity index (χ0) is 20.1. The molecule has 26 heavy (non-hydrogen) atoms. The second kappa shape index (κ2) is 12.8. The van der Waals surface area contributed by atoms with E-state index in [0.717, 1.165) is 0 Å². The maximum absolute atomic E-state index is 12.3. The van der Waals surface area contributed by atoms with Crippen LogP contribution in [0.15, 0.2) is 0 Å². The predicted octanol–water partition coefficient (Wildman–Crippen LogP) is 2.48. The van der Waals surface area contributed by atoms with Crippen molar-refractivity contribution in [3.63, 3.8) is 0 Å². The third-order valence-corrected chi connectivity index (χ3v) is 3.13. The molecular weight excluding hydrogens is 352 g/mol. The molecule has 3 atom stereocenters. The molecule has 0 spiro atoms. The highest BCUT2D eigenvalue weighted by atomic mass is 16.8. The molecule has 0 rings (SSSR count). The van der Waals surface area contributed by atoms with Crippen LogP contribution >= 0.6 is 0 Å². The van der Waals surface area contributed by atoms with Crippen LogP contribution in [0.5, 0.6) is 0 Å². The molecule has 0 aromatic rings. The summed E-state index contributed by atoms with van der Waals surface area (Å²) in [5, 5.41) is 8.72. The van der Waals surface area contributed by atoms with Gasteiger partial charge in [0, 0.05) is 13.3 Å². The number of aliphatic carboxylic acids is 1. The van der Waals surface area contributed by atoms with Gasteiger partial charge in [0.25, 0.3) is 0 Å². The highest BCUT2D eigenvalue weighted by Crippen LogP contribution is 2.19. The van der Waals surface area contributed by atoms with Gasteiger partial charge in [0.1, 0.15) is 6.10 Å². The molecule has 0 aliphatic heterocycles. The Kier molecular flexibility index (Phi) is 11.5. The number of carbonyl (C=O) groups is 4. The van der Waals surface area contributed by atoms with Crippen LogP contribution < -0.4 is 0 Å². The second-order valence-electron chi connectivity index (χ2n) is 5.20. The Morgan fingerprint density at radius 1 is 0.885 bits per heavy atom. The molecule has 0 aliphatic rings. The van der Waals surface area contributed by atoms with Crippen LogP contribution in [0.1, 0.15) is 47.0 Å². The third kappa shape index (κ3) is 10.4. The molecule has 0 aliphatic carbocycles. The average molecular weight is 378 g/mol. The van der Waals surface area contributed by atoms with Gasteiger partial charge in [-0.15, -0.1) is 0 Å². The molecule has 3 unspecified atom stereocenters. The lowest BCUT2D eigenvalue weighted by Gasteiger charge is -2.23. The first-order valence-corrected chi connectivity index (χ1v) is 8.30. The van der Waals surface area contributed by atoms with Crippen LogP contribution in [-0.4, -0.2) is 55.0 Å².